The van der Waals surface area contributed by atoms with Crippen molar-refractivity contribution < 1.29 is 28.6 Å². The fourth-order valence-corrected chi connectivity index (χ4v) is 4.41. The first-order chi connectivity index (χ1) is 18.5. The minimum atomic E-state index is -0.458. The summed E-state index contributed by atoms with van der Waals surface area (Å²) in [5.41, 5.74) is 1.23. The minimum absolute atomic E-state index is 0.0122. The second-order valence-electron chi connectivity index (χ2n) is 8.93. The first-order valence-corrected chi connectivity index (χ1v) is 12.2. The Kier molecular flexibility index (Phi) is 7.34. The van der Waals surface area contributed by atoms with Crippen molar-refractivity contribution in [1.29, 1.82) is 0 Å². The summed E-state index contributed by atoms with van der Waals surface area (Å²) in [7, 11) is 1.59. The molecular weight excluding hydrogens is 490 g/mol. The Hall–Kier alpha value is -4.67. The van der Waals surface area contributed by atoms with Gasteiger partial charge in [-0.1, -0.05) is 12.1 Å². The number of nitrogens with one attached hydrogen (secondary N) is 2. The van der Waals surface area contributed by atoms with E-state index in [9.17, 15) is 14.4 Å². The molecule has 2 N–H and O–H groups in total. The van der Waals surface area contributed by atoms with Crippen LogP contribution < -0.4 is 24.8 Å². The maximum absolute atomic E-state index is 13.0. The number of ether oxygens (including phenoxy) is 3. The molecule has 2 aliphatic rings. The van der Waals surface area contributed by atoms with Crippen LogP contribution in [0.3, 0.4) is 0 Å². The number of hydrogen-bond acceptors (Lipinski definition) is 8. The van der Waals surface area contributed by atoms with Gasteiger partial charge in [0.05, 0.1) is 13.5 Å². The van der Waals surface area contributed by atoms with Crippen LogP contribution in [0, 0.1) is 0 Å². The van der Waals surface area contributed by atoms with Crippen molar-refractivity contribution in [2.75, 3.05) is 32.3 Å². The summed E-state index contributed by atoms with van der Waals surface area (Å²) in [6, 6.07) is 12.1. The van der Waals surface area contributed by atoms with Gasteiger partial charge in [0.2, 0.25) is 12.7 Å². The minimum Gasteiger partial charge on any atom is -0.497 e. The third-order valence-corrected chi connectivity index (χ3v) is 6.45. The highest BCUT2D eigenvalue weighted by Crippen LogP contribution is 2.32. The van der Waals surface area contributed by atoms with Crippen LogP contribution in [0.2, 0.25) is 0 Å². The SMILES string of the molecule is COc1cccc(CC(=O)N2CCC(NC(=O)c3nccnc3NC(=O)c3ccc4c(c3)OCO4)CC2)c1. The Balaban J connectivity index is 1.16. The standard InChI is InChI=1S/C27H27N5O6/c1-36-20-4-2-3-17(13-20)14-23(33)32-11-7-19(8-12-32)30-27(35)24-25(29-10-9-28-24)31-26(34)18-5-6-21-22(15-18)38-16-37-21/h2-6,9-10,13,15,19H,7-8,11-12,14,16H2,1H3,(H,30,35)(H,29,31,34). The van der Waals surface area contributed by atoms with Gasteiger partial charge >= 0.3 is 0 Å². The number of aromatic nitrogens is 2. The van der Waals surface area contributed by atoms with E-state index in [1.807, 2.05) is 29.2 Å². The number of likely N-dealkylation sites (tertiary alicyclic amines) is 1. The molecule has 1 aromatic heterocycles. The van der Waals surface area contributed by atoms with E-state index in [4.69, 9.17) is 14.2 Å². The Bertz CT molecular complexity index is 1360. The molecule has 38 heavy (non-hydrogen) atoms. The Morgan fingerprint density at radius 1 is 1.00 bits per heavy atom. The van der Waals surface area contributed by atoms with Gasteiger partial charge in [0.1, 0.15) is 5.75 Å². The topological polar surface area (TPSA) is 132 Å². The number of hydrogen-bond donors (Lipinski definition) is 2. The lowest BCUT2D eigenvalue weighted by Gasteiger charge is -2.32. The molecular formula is C27H27N5O6. The fraction of sp³-hybridized carbons (Fsp3) is 0.296. The number of nitrogens with zero attached hydrogens (tertiary/aromatic N) is 3. The predicted molar refractivity (Wildman–Crippen MR) is 136 cm³/mol. The molecule has 3 aromatic rings. The molecule has 0 saturated carbocycles. The first kappa shape index (κ1) is 25.0. The van der Waals surface area contributed by atoms with Gasteiger partial charge in [-0.15, -0.1) is 0 Å². The summed E-state index contributed by atoms with van der Waals surface area (Å²) in [5, 5.41) is 5.62. The molecule has 2 aliphatic heterocycles. The molecule has 0 bridgehead atoms. The third kappa shape index (κ3) is 5.66. The normalized spacial score (nSPS) is 14.6. The van der Waals surface area contributed by atoms with Crippen LogP contribution in [0.4, 0.5) is 5.82 Å². The highest BCUT2D eigenvalue weighted by atomic mass is 16.7. The number of carbonyl (C=O) groups is 3. The van der Waals surface area contributed by atoms with Gasteiger partial charge in [-0.25, -0.2) is 9.97 Å². The average molecular weight is 518 g/mol. The first-order valence-electron chi connectivity index (χ1n) is 12.2. The van der Waals surface area contributed by atoms with Crippen LogP contribution in [0.1, 0.15) is 39.3 Å². The maximum Gasteiger partial charge on any atom is 0.273 e. The second kappa shape index (κ2) is 11.2. The highest BCUT2D eigenvalue weighted by molar-refractivity contribution is 6.07. The van der Waals surface area contributed by atoms with E-state index in [1.54, 1.807) is 25.3 Å². The predicted octanol–water partition coefficient (Wildman–Crippen LogP) is 2.43. The van der Waals surface area contributed by atoms with E-state index in [0.717, 1.165) is 5.56 Å². The molecule has 0 spiro atoms. The lowest BCUT2D eigenvalue weighted by atomic mass is 10.0. The molecule has 196 valence electrons. The number of piperidine rings is 1. The maximum atomic E-state index is 13.0. The zero-order valence-electron chi connectivity index (χ0n) is 20.8. The number of anilines is 1. The molecule has 0 radical (unpaired) electrons. The van der Waals surface area contributed by atoms with E-state index in [-0.39, 0.29) is 30.3 Å². The largest absolute Gasteiger partial charge is 0.497 e. The third-order valence-electron chi connectivity index (χ3n) is 6.45. The van der Waals surface area contributed by atoms with E-state index < -0.39 is 11.8 Å². The highest BCUT2D eigenvalue weighted by Gasteiger charge is 2.26. The monoisotopic (exact) mass is 517 g/mol. The molecule has 0 unspecified atom stereocenters. The lowest BCUT2D eigenvalue weighted by molar-refractivity contribution is -0.131. The summed E-state index contributed by atoms with van der Waals surface area (Å²) in [6.07, 6.45) is 4.30. The molecule has 1 saturated heterocycles. The van der Waals surface area contributed by atoms with Crippen molar-refractivity contribution >= 4 is 23.5 Å². The quantitative estimate of drug-likeness (QED) is 0.489. The van der Waals surface area contributed by atoms with Crippen molar-refractivity contribution in [3.8, 4) is 17.2 Å². The van der Waals surface area contributed by atoms with Gasteiger partial charge in [0, 0.05) is 37.1 Å². The Labute approximate surface area is 219 Å². The van der Waals surface area contributed by atoms with E-state index >= 15 is 0 Å². The second-order valence-corrected chi connectivity index (χ2v) is 8.93. The van der Waals surface area contributed by atoms with Gasteiger partial charge in [-0.05, 0) is 48.7 Å². The number of amides is 3. The zero-order valence-corrected chi connectivity index (χ0v) is 20.8. The molecule has 3 heterocycles. The number of fused-ring (bicyclic) bond motifs is 1. The summed E-state index contributed by atoms with van der Waals surface area (Å²) in [6.45, 7) is 1.16. The van der Waals surface area contributed by atoms with Crippen LogP contribution in [0.25, 0.3) is 0 Å². The van der Waals surface area contributed by atoms with Crippen LogP contribution in [0.5, 0.6) is 17.2 Å². The molecule has 1 fully saturated rings. The zero-order chi connectivity index (χ0) is 26.5. The molecule has 0 atom stereocenters. The van der Waals surface area contributed by atoms with Crippen molar-refractivity contribution in [2.24, 2.45) is 0 Å². The number of rotatable bonds is 7. The smallest absolute Gasteiger partial charge is 0.273 e. The molecule has 0 aliphatic carbocycles. The molecule has 2 aromatic carbocycles. The van der Waals surface area contributed by atoms with Crippen LogP contribution >= 0.6 is 0 Å². The number of methoxy groups -OCH3 is 1. The van der Waals surface area contributed by atoms with Crippen molar-refractivity contribution in [3.05, 3.63) is 71.7 Å². The van der Waals surface area contributed by atoms with Crippen molar-refractivity contribution in [2.45, 2.75) is 25.3 Å². The molecule has 5 rings (SSSR count). The van der Waals surface area contributed by atoms with E-state index in [2.05, 4.69) is 20.6 Å². The molecule has 11 nitrogen and oxygen atoms in total. The molecule has 11 heteroatoms. The number of benzene rings is 2. The van der Waals surface area contributed by atoms with Crippen LogP contribution in [-0.2, 0) is 11.2 Å². The van der Waals surface area contributed by atoms with Crippen molar-refractivity contribution in [3.63, 3.8) is 0 Å². The van der Waals surface area contributed by atoms with Crippen LogP contribution in [0.15, 0.2) is 54.9 Å². The summed E-state index contributed by atoms with van der Waals surface area (Å²) in [4.78, 5) is 48.7. The van der Waals surface area contributed by atoms with Crippen LogP contribution in [-0.4, -0.2) is 65.6 Å². The summed E-state index contributed by atoms with van der Waals surface area (Å²) >= 11 is 0. The average Bonchev–Trinajstić information content (AvgIpc) is 3.42. The van der Waals surface area contributed by atoms with Gasteiger partial charge in [-0.2, -0.15) is 0 Å². The van der Waals surface area contributed by atoms with Gasteiger partial charge < -0.3 is 29.7 Å². The number of carbonyl (C=O) groups excluding carboxylic acids is 3. The van der Waals surface area contributed by atoms with E-state index in [0.29, 0.717) is 55.2 Å². The van der Waals surface area contributed by atoms with Gasteiger partial charge in [-0.3, -0.25) is 14.4 Å². The summed E-state index contributed by atoms with van der Waals surface area (Å²) in [5.74, 6) is 0.939. The Morgan fingerprint density at radius 2 is 1.79 bits per heavy atom. The summed E-state index contributed by atoms with van der Waals surface area (Å²) < 4.78 is 15.8. The van der Waals surface area contributed by atoms with Gasteiger partial charge in [0.15, 0.2) is 23.0 Å². The van der Waals surface area contributed by atoms with Gasteiger partial charge in [0.25, 0.3) is 11.8 Å². The fourth-order valence-electron chi connectivity index (χ4n) is 4.41. The Morgan fingerprint density at radius 3 is 2.61 bits per heavy atom. The lowest BCUT2D eigenvalue weighted by Crippen LogP contribution is -2.47. The van der Waals surface area contributed by atoms with E-state index in [1.165, 1.54) is 12.4 Å². The van der Waals surface area contributed by atoms with Crippen molar-refractivity contribution in [1.82, 2.24) is 20.2 Å². The molecule has 3 amide bonds.